The highest BCUT2D eigenvalue weighted by Crippen LogP contribution is 2.45. The number of hydroxylamine groups is 4. The summed E-state index contributed by atoms with van der Waals surface area (Å²) in [5, 5.41) is 2.38. The fourth-order valence-electron chi connectivity index (χ4n) is 6.83. The summed E-state index contributed by atoms with van der Waals surface area (Å²) in [6, 6.07) is 34.6. The summed E-state index contributed by atoms with van der Waals surface area (Å²) in [6.07, 6.45) is 8.28. The summed E-state index contributed by atoms with van der Waals surface area (Å²) in [5.74, 6) is -1.12. The van der Waals surface area contributed by atoms with Gasteiger partial charge in [-0.25, -0.2) is 10.1 Å². The second kappa shape index (κ2) is 21.2. The van der Waals surface area contributed by atoms with Gasteiger partial charge in [0.2, 0.25) is 0 Å². The molecule has 0 bridgehead atoms. The number of rotatable bonds is 21. The molecule has 0 N–H and O–H groups in total. The third-order valence-corrected chi connectivity index (χ3v) is 10.3. The first-order chi connectivity index (χ1) is 27.1. The Hall–Kier alpha value is -5.26. The monoisotopic (exact) mass is 764 g/mol. The van der Waals surface area contributed by atoms with Crippen LogP contribution in [0.2, 0.25) is 0 Å². The molecule has 298 valence electrons. The first-order valence-electron chi connectivity index (χ1n) is 18.8. The van der Waals surface area contributed by atoms with E-state index in [-0.39, 0.29) is 26.1 Å². The lowest BCUT2D eigenvalue weighted by Crippen LogP contribution is -2.62. The Morgan fingerprint density at radius 1 is 0.554 bits per heavy atom. The fraction of sp³-hybridized carbons (Fsp3) is 0.348. The Labute approximate surface area is 332 Å². The number of amides is 2. The van der Waals surface area contributed by atoms with Gasteiger partial charge in [0.15, 0.2) is 11.2 Å². The molecule has 0 aliphatic heterocycles. The van der Waals surface area contributed by atoms with Crippen molar-refractivity contribution in [2.45, 2.75) is 51.1 Å². The van der Waals surface area contributed by atoms with Gasteiger partial charge in [-0.2, -0.15) is 0 Å². The van der Waals surface area contributed by atoms with Gasteiger partial charge in [0.05, 0.1) is 41.7 Å². The van der Waals surface area contributed by atoms with E-state index in [9.17, 15) is 0 Å². The van der Waals surface area contributed by atoms with Crippen LogP contribution in [0.3, 0.4) is 0 Å². The number of benzene rings is 4. The molecule has 4 aromatic rings. The molecule has 4 aromatic carbocycles. The zero-order valence-corrected chi connectivity index (χ0v) is 33.8. The second-order valence-corrected chi connectivity index (χ2v) is 13.3. The average Bonchev–Trinajstić information content (AvgIpc) is 3.26. The van der Waals surface area contributed by atoms with E-state index < -0.39 is 34.9 Å². The Bertz CT molecular complexity index is 1710. The van der Waals surface area contributed by atoms with Gasteiger partial charge in [-0.05, 0) is 59.4 Å². The normalized spacial score (nSPS) is 14.8. The van der Waals surface area contributed by atoms with Crippen molar-refractivity contribution < 1.29 is 38.2 Å². The van der Waals surface area contributed by atoms with E-state index >= 15 is 9.59 Å². The van der Waals surface area contributed by atoms with Crippen molar-refractivity contribution >= 4 is 24.0 Å². The minimum absolute atomic E-state index is 0.0731. The molecule has 56 heavy (non-hydrogen) atoms. The van der Waals surface area contributed by atoms with Gasteiger partial charge in [-0.1, -0.05) is 123 Å². The van der Waals surface area contributed by atoms with Crippen molar-refractivity contribution in [2.75, 3.05) is 42.5 Å². The van der Waals surface area contributed by atoms with Crippen LogP contribution >= 0.6 is 0 Å². The standard InChI is InChI=1S/C46H56N2O8/c1-9-45(43(49)47(3)53-7,55-33-37-21-27-39(51-5)28-22-37)41(31-25-35-17-13-11-14-18-35)42(32-26-36-19-15-12-16-20-36)46(10-2,44(50)48(4)54-8)56-34-38-23-29-40(52-6)30-24-38/h11-32,41-42H,9-10,33-34H2,1-8H3/b31-25+,32-26+/t41-,42-,45+,46+/m0/s1. The van der Waals surface area contributed by atoms with Gasteiger partial charge in [-0.3, -0.25) is 19.3 Å². The fourth-order valence-corrected chi connectivity index (χ4v) is 6.83. The molecule has 0 saturated carbocycles. The van der Waals surface area contributed by atoms with Gasteiger partial charge in [0, 0.05) is 25.9 Å². The number of hydrogen-bond acceptors (Lipinski definition) is 8. The minimum Gasteiger partial charge on any atom is -0.497 e. The number of carbonyl (C=O) groups is 2. The quantitative estimate of drug-likeness (QED) is 0.0781. The van der Waals surface area contributed by atoms with Crippen LogP contribution in [0.1, 0.15) is 48.9 Å². The first kappa shape index (κ1) is 43.5. The summed E-state index contributed by atoms with van der Waals surface area (Å²) in [5.41, 5.74) is 0.252. The molecule has 0 spiro atoms. The van der Waals surface area contributed by atoms with Gasteiger partial charge >= 0.3 is 0 Å². The summed E-state index contributed by atoms with van der Waals surface area (Å²) < 4.78 is 24.7. The number of ether oxygens (including phenoxy) is 4. The third kappa shape index (κ3) is 10.5. The molecule has 0 saturated heterocycles. The molecule has 0 fully saturated rings. The highest BCUT2D eigenvalue weighted by molar-refractivity contribution is 5.88. The molecule has 0 heterocycles. The molecular weight excluding hydrogens is 709 g/mol. The van der Waals surface area contributed by atoms with E-state index in [1.54, 1.807) is 28.3 Å². The van der Waals surface area contributed by atoms with Crippen LogP contribution in [0.5, 0.6) is 11.5 Å². The molecule has 10 nitrogen and oxygen atoms in total. The zero-order valence-electron chi connectivity index (χ0n) is 33.8. The van der Waals surface area contributed by atoms with Crippen molar-refractivity contribution in [3.8, 4) is 11.5 Å². The highest BCUT2D eigenvalue weighted by Gasteiger charge is 2.57. The van der Waals surface area contributed by atoms with E-state index in [4.69, 9.17) is 28.6 Å². The Balaban J connectivity index is 2.05. The summed E-state index contributed by atoms with van der Waals surface area (Å²) in [4.78, 5) is 41.2. The average molecular weight is 765 g/mol. The van der Waals surface area contributed by atoms with Crippen LogP contribution in [0.4, 0.5) is 0 Å². The summed E-state index contributed by atoms with van der Waals surface area (Å²) in [6.45, 7) is 3.96. The second-order valence-electron chi connectivity index (χ2n) is 13.3. The number of nitrogens with zero attached hydrogens (tertiary/aromatic N) is 2. The van der Waals surface area contributed by atoms with Crippen molar-refractivity contribution in [1.29, 1.82) is 0 Å². The third-order valence-electron chi connectivity index (χ3n) is 10.3. The van der Waals surface area contributed by atoms with Crippen molar-refractivity contribution in [3.63, 3.8) is 0 Å². The maximum absolute atomic E-state index is 15.0. The van der Waals surface area contributed by atoms with Crippen molar-refractivity contribution in [3.05, 3.63) is 144 Å². The molecule has 10 heteroatoms. The Kier molecular flexibility index (Phi) is 16.4. The SMILES string of the molecule is CC[C@](OCc1ccc(OC)cc1)(C(=O)N(C)OC)[C@@H](/C=C/c1ccccc1)[C@H](/C=C/c1ccccc1)[C@@](CC)(OCc1ccc(OC)cc1)C(=O)N(C)OC. The largest absolute Gasteiger partial charge is 0.497 e. The highest BCUT2D eigenvalue weighted by atomic mass is 16.7. The van der Waals surface area contributed by atoms with Gasteiger partial charge in [0.1, 0.15) is 11.5 Å². The van der Waals surface area contributed by atoms with E-state index in [1.807, 2.05) is 147 Å². The van der Waals surface area contributed by atoms with Gasteiger partial charge < -0.3 is 18.9 Å². The van der Waals surface area contributed by atoms with E-state index in [2.05, 4.69) is 0 Å². The molecule has 0 unspecified atom stereocenters. The zero-order chi connectivity index (χ0) is 40.6. The maximum atomic E-state index is 15.0. The van der Waals surface area contributed by atoms with Crippen molar-refractivity contribution in [1.82, 2.24) is 10.1 Å². The molecule has 0 aliphatic rings. The molecule has 4 rings (SSSR count). The Morgan fingerprint density at radius 3 is 1.18 bits per heavy atom. The van der Waals surface area contributed by atoms with Crippen LogP contribution in [0.15, 0.2) is 121 Å². The lowest BCUT2D eigenvalue weighted by Gasteiger charge is -2.48. The topological polar surface area (TPSA) is 96.0 Å². The predicted molar refractivity (Wildman–Crippen MR) is 219 cm³/mol. The van der Waals surface area contributed by atoms with E-state index in [0.29, 0.717) is 11.5 Å². The summed E-state index contributed by atoms with van der Waals surface area (Å²) >= 11 is 0. The molecule has 4 atom stereocenters. The number of likely N-dealkylation sites (N-methyl/N-ethyl adjacent to an activating group) is 2. The van der Waals surface area contributed by atoms with Crippen LogP contribution in [0.25, 0.3) is 12.2 Å². The number of carbonyl (C=O) groups excluding carboxylic acids is 2. The molecule has 0 aliphatic carbocycles. The maximum Gasteiger partial charge on any atom is 0.278 e. The van der Waals surface area contributed by atoms with Crippen LogP contribution in [-0.2, 0) is 42.0 Å². The number of hydrogen-bond donors (Lipinski definition) is 0. The minimum atomic E-state index is -1.60. The first-order valence-corrected chi connectivity index (χ1v) is 18.8. The summed E-state index contributed by atoms with van der Waals surface area (Å²) in [7, 11) is 9.22. The van der Waals surface area contributed by atoms with Gasteiger partial charge in [0.25, 0.3) is 11.8 Å². The smallest absolute Gasteiger partial charge is 0.278 e. The van der Waals surface area contributed by atoms with E-state index in [0.717, 1.165) is 22.3 Å². The van der Waals surface area contributed by atoms with Crippen LogP contribution in [0, 0.1) is 11.8 Å². The molecule has 2 amide bonds. The van der Waals surface area contributed by atoms with Crippen LogP contribution in [-0.4, -0.2) is 75.7 Å². The molecule has 0 radical (unpaired) electrons. The van der Waals surface area contributed by atoms with Crippen LogP contribution < -0.4 is 9.47 Å². The molecular formula is C46H56N2O8. The lowest BCUT2D eigenvalue weighted by atomic mass is 9.66. The van der Waals surface area contributed by atoms with Crippen molar-refractivity contribution in [2.24, 2.45) is 11.8 Å². The lowest BCUT2D eigenvalue weighted by molar-refractivity contribution is -0.218. The number of methoxy groups -OCH3 is 2. The van der Waals surface area contributed by atoms with E-state index in [1.165, 1.54) is 24.3 Å². The predicted octanol–water partition coefficient (Wildman–Crippen LogP) is 8.43. The molecule has 0 aromatic heterocycles. The Morgan fingerprint density at radius 2 is 0.893 bits per heavy atom. The van der Waals surface area contributed by atoms with Gasteiger partial charge in [-0.15, -0.1) is 0 Å².